The molecule has 0 aromatic heterocycles. The minimum Gasteiger partial charge on any atom is -0.333 e. The molecule has 2 bridgehead atoms. The van der Waals surface area contributed by atoms with Crippen molar-refractivity contribution in [2.45, 2.75) is 61.8 Å². The van der Waals surface area contributed by atoms with Crippen molar-refractivity contribution in [3.8, 4) is 0 Å². The second-order valence-electron chi connectivity index (χ2n) is 6.80. The van der Waals surface area contributed by atoms with E-state index in [1.807, 2.05) is 24.8 Å². The molecule has 124 valence electrons. The molecule has 3 rings (SSSR count). The van der Waals surface area contributed by atoms with E-state index < -0.39 is 9.84 Å². The zero-order chi connectivity index (χ0) is 16.6. The Morgan fingerprint density at radius 1 is 1.09 bits per heavy atom. The molecule has 1 amide bonds. The number of nitrogens with zero attached hydrogens (tertiary/aromatic N) is 1. The second-order valence-corrected chi connectivity index (χ2v) is 9.03. The Morgan fingerprint density at radius 2 is 1.65 bits per heavy atom. The maximum absolute atomic E-state index is 12.8. The molecule has 0 radical (unpaired) electrons. The van der Waals surface area contributed by atoms with Gasteiger partial charge in [-0.05, 0) is 51.7 Å². The fraction of sp³-hybridized carbons (Fsp3) is 0.500. The van der Waals surface area contributed by atoms with Crippen molar-refractivity contribution in [1.82, 2.24) is 4.90 Å². The molecule has 2 saturated heterocycles. The molecule has 0 aliphatic carbocycles. The predicted molar refractivity (Wildman–Crippen MR) is 89.7 cm³/mol. The number of benzene rings is 1. The number of rotatable bonds is 3. The van der Waals surface area contributed by atoms with Crippen LogP contribution in [0.15, 0.2) is 46.9 Å². The van der Waals surface area contributed by atoms with Crippen LogP contribution in [0.1, 0.15) is 39.5 Å². The SMILES string of the molecule is CC(C)=CC(=O)N1C2CCC1CC(S(=O)(=O)c1ccccc1)C2. The van der Waals surface area contributed by atoms with E-state index in [1.165, 1.54) is 0 Å². The van der Waals surface area contributed by atoms with E-state index in [2.05, 4.69) is 0 Å². The van der Waals surface area contributed by atoms with Gasteiger partial charge in [-0.1, -0.05) is 23.8 Å². The average Bonchev–Trinajstić information content (AvgIpc) is 2.77. The second kappa shape index (κ2) is 6.11. The highest BCUT2D eigenvalue weighted by atomic mass is 32.2. The molecule has 2 heterocycles. The quantitative estimate of drug-likeness (QED) is 0.799. The lowest BCUT2D eigenvalue weighted by molar-refractivity contribution is -0.130. The number of piperidine rings is 1. The number of amides is 1. The molecule has 1 aromatic carbocycles. The van der Waals surface area contributed by atoms with E-state index in [9.17, 15) is 13.2 Å². The van der Waals surface area contributed by atoms with Gasteiger partial charge in [-0.2, -0.15) is 0 Å². The fourth-order valence-corrected chi connectivity index (χ4v) is 5.74. The molecule has 0 saturated carbocycles. The summed E-state index contributed by atoms with van der Waals surface area (Å²) in [6.45, 7) is 3.82. The summed E-state index contributed by atoms with van der Waals surface area (Å²) < 4.78 is 25.7. The summed E-state index contributed by atoms with van der Waals surface area (Å²) >= 11 is 0. The Balaban J connectivity index is 1.82. The molecule has 2 atom stereocenters. The zero-order valence-corrected chi connectivity index (χ0v) is 14.4. The van der Waals surface area contributed by atoms with Gasteiger partial charge in [0.25, 0.3) is 0 Å². The van der Waals surface area contributed by atoms with Gasteiger partial charge in [0.1, 0.15) is 0 Å². The first-order chi connectivity index (χ1) is 10.9. The van der Waals surface area contributed by atoms with Crippen LogP contribution in [-0.4, -0.2) is 36.6 Å². The summed E-state index contributed by atoms with van der Waals surface area (Å²) in [7, 11) is -3.31. The first kappa shape index (κ1) is 16.2. The summed E-state index contributed by atoms with van der Waals surface area (Å²) in [5.41, 5.74) is 0.980. The molecule has 0 N–H and O–H groups in total. The highest BCUT2D eigenvalue weighted by molar-refractivity contribution is 7.92. The van der Waals surface area contributed by atoms with Gasteiger partial charge in [0, 0.05) is 18.2 Å². The number of hydrogen-bond acceptors (Lipinski definition) is 3. The fourth-order valence-electron chi connectivity index (χ4n) is 3.86. The van der Waals surface area contributed by atoms with E-state index in [-0.39, 0.29) is 23.2 Å². The summed E-state index contributed by atoms with van der Waals surface area (Å²) in [6, 6.07) is 8.78. The molecule has 4 nitrogen and oxygen atoms in total. The smallest absolute Gasteiger partial charge is 0.246 e. The standard InChI is InChI=1S/C18H23NO3S/c1-13(2)10-18(20)19-14-8-9-15(19)12-17(11-14)23(21,22)16-6-4-3-5-7-16/h3-7,10,14-15,17H,8-9,11-12H2,1-2H3. The van der Waals surface area contributed by atoms with Crippen molar-refractivity contribution >= 4 is 15.7 Å². The number of sulfone groups is 1. The van der Waals surface area contributed by atoms with Crippen LogP contribution in [0.5, 0.6) is 0 Å². The van der Waals surface area contributed by atoms with Gasteiger partial charge in [-0.15, -0.1) is 0 Å². The molecule has 1 aromatic rings. The van der Waals surface area contributed by atoms with Gasteiger partial charge < -0.3 is 4.90 Å². The maximum atomic E-state index is 12.8. The normalized spacial score (nSPS) is 26.9. The molecule has 0 spiro atoms. The Hall–Kier alpha value is -1.62. The largest absolute Gasteiger partial charge is 0.333 e. The van der Waals surface area contributed by atoms with E-state index in [4.69, 9.17) is 0 Å². The summed E-state index contributed by atoms with van der Waals surface area (Å²) in [4.78, 5) is 14.7. The third kappa shape index (κ3) is 3.07. The highest BCUT2D eigenvalue weighted by Gasteiger charge is 2.46. The molecular formula is C18H23NO3S. The minimum atomic E-state index is -3.31. The lowest BCUT2D eigenvalue weighted by atomic mass is 10.0. The Morgan fingerprint density at radius 3 is 2.17 bits per heavy atom. The van der Waals surface area contributed by atoms with Gasteiger partial charge in [0.05, 0.1) is 10.1 Å². The summed E-state index contributed by atoms with van der Waals surface area (Å²) in [5, 5.41) is -0.377. The Labute approximate surface area is 138 Å². The maximum Gasteiger partial charge on any atom is 0.246 e. The van der Waals surface area contributed by atoms with Crippen molar-refractivity contribution in [2.24, 2.45) is 0 Å². The van der Waals surface area contributed by atoms with E-state index in [0.29, 0.717) is 17.7 Å². The molecule has 2 aliphatic rings. The van der Waals surface area contributed by atoms with Crippen LogP contribution in [0.3, 0.4) is 0 Å². The van der Waals surface area contributed by atoms with Crippen molar-refractivity contribution in [2.75, 3.05) is 0 Å². The van der Waals surface area contributed by atoms with E-state index >= 15 is 0 Å². The number of carbonyl (C=O) groups excluding carboxylic acids is 1. The third-order valence-electron chi connectivity index (χ3n) is 4.87. The van der Waals surface area contributed by atoms with Gasteiger partial charge in [0.15, 0.2) is 9.84 Å². The molecule has 2 aliphatic heterocycles. The Kier molecular flexibility index (Phi) is 4.32. The highest BCUT2D eigenvalue weighted by Crippen LogP contribution is 2.40. The molecule has 23 heavy (non-hydrogen) atoms. The molecular weight excluding hydrogens is 310 g/mol. The van der Waals surface area contributed by atoms with Gasteiger partial charge in [-0.25, -0.2) is 8.42 Å². The lowest BCUT2D eigenvalue weighted by Crippen LogP contribution is -2.49. The van der Waals surface area contributed by atoms with Gasteiger partial charge in [-0.3, -0.25) is 4.79 Å². The minimum absolute atomic E-state index is 0.0352. The van der Waals surface area contributed by atoms with Crippen molar-refractivity contribution < 1.29 is 13.2 Å². The van der Waals surface area contributed by atoms with Crippen LogP contribution in [0, 0.1) is 0 Å². The predicted octanol–water partition coefficient (Wildman–Crippen LogP) is 2.95. The zero-order valence-electron chi connectivity index (χ0n) is 13.6. The lowest BCUT2D eigenvalue weighted by Gasteiger charge is -2.38. The number of fused-ring (bicyclic) bond motifs is 2. The van der Waals surface area contributed by atoms with Crippen LogP contribution >= 0.6 is 0 Å². The number of hydrogen-bond donors (Lipinski definition) is 0. The third-order valence-corrected chi connectivity index (χ3v) is 7.06. The van der Waals surface area contributed by atoms with Gasteiger partial charge >= 0.3 is 0 Å². The summed E-state index contributed by atoms with van der Waals surface area (Å²) in [5.74, 6) is 0.0352. The first-order valence-electron chi connectivity index (χ1n) is 8.15. The van der Waals surface area contributed by atoms with Crippen LogP contribution in [-0.2, 0) is 14.6 Å². The van der Waals surface area contributed by atoms with Crippen molar-refractivity contribution in [1.29, 1.82) is 0 Å². The first-order valence-corrected chi connectivity index (χ1v) is 9.70. The van der Waals surface area contributed by atoms with E-state index in [1.54, 1.807) is 30.3 Å². The van der Waals surface area contributed by atoms with Crippen molar-refractivity contribution in [3.05, 3.63) is 42.0 Å². The van der Waals surface area contributed by atoms with E-state index in [0.717, 1.165) is 18.4 Å². The Bertz CT molecular complexity index is 706. The number of allylic oxidation sites excluding steroid dienone is 1. The summed E-state index contributed by atoms with van der Waals surface area (Å²) in [6.07, 6.45) is 4.59. The van der Waals surface area contributed by atoms with Crippen LogP contribution in [0.25, 0.3) is 0 Å². The average molecular weight is 333 g/mol. The molecule has 5 heteroatoms. The van der Waals surface area contributed by atoms with Crippen LogP contribution in [0.2, 0.25) is 0 Å². The van der Waals surface area contributed by atoms with Gasteiger partial charge in [0.2, 0.25) is 5.91 Å². The topological polar surface area (TPSA) is 54.5 Å². The number of carbonyl (C=O) groups is 1. The van der Waals surface area contributed by atoms with Crippen LogP contribution < -0.4 is 0 Å². The monoisotopic (exact) mass is 333 g/mol. The van der Waals surface area contributed by atoms with Crippen molar-refractivity contribution in [3.63, 3.8) is 0 Å². The molecule has 2 fully saturated rings. The van der Waals surface area contributed by atoms with Crippen LogP contribution in [0.4, 0.5) is 0 Å². The molecule has 2 unspecified atom stereocenters.